The molecule has 0 aromatic heterocycles. The molecule has 0 unspecified atom stereocenters. The summed E-state index contributed by atoms with van der Waals surface area (Å²) in [5, 5.41) is 0. The van der Waals surface area contributed by atoms with Crippen molar-refractivity contribution in [3.8, 4) is 0 Å². The fourth-order valence-electron chi connectivity index (χ4n) is 3.27. The standard InChI is InChI=1S/C13H18O4/c1-4-12-6-9(15-8(3)14)7-13(5-2,17-12)11-10(12)16-11/h6,10-11H,4-5,7H2,1-3H3/t10-,11+,12+,13-/m1/s1. The molecule has 4 atom stereocenters. The molecule has 0 aromatic rings. The minimum atomic E-state index is -0.371. The summed E-state index contributed by atoms with van der Waals surface area (Å²) in [4.78, 5) is 11.1. The molecule has 3 rings (SSSR count). The van der Waals surface area contributed by atoms with Gasteiger partial charge in [-0.05, 0) is 18.9 Å². The van der Waals surface area contributed by atoms with E-state index >= 15 is 0 Å². The van der Waals surface area contributed by atoms with Crippen LogP contribution in [0, 0.1) is 0 Å². The van der Waals surface area contributed by atoms with E-state index < -0.39 is 0 Å². The highest BCUT2D eigenvalue weighted by atomic mass is 16.7. The summed E-state index contributed by atoms with van der Waals surface area (Å²) >= 11 is 0. The van der Waals surface area contributed by atoms with E-state index in [1.807, 2.05) is 6.08 Å². The van der Waals surface area contributed by atoms with Gasteiger partial charge in [0.1, 0.15) is 29.2 Å². The predicted octanol–water partition coefficient (Wildman–Crippen LogP) is 1.93. The van der Waals surface area contributed by atoms with Crippen molar-refractivity contribution in [1.29, 1.82) is 0 Å². The van der Waals surface area contributed by atoms with Crippen LogP contribution >= 0.6 is 0 Å². The molecule has 17 heavy (non-hydrogen) atoms. The van der Waals surface area contributed by atoms with E-state index in [4.69, 9.17) is 14.2 Å². The Hall–Kier alpha value is -0.870. The predicted molar refractivity (Wildman–Crippen MR) is 60.3 cm³/mol. The van der Waals surface area contributed by atoms with E-state index in [0.29, 0.717) is 6.42 Å². The maximum Gasteiger partial charge on any atom is 0.307 e. The van der Waals surface area contributed by atoms with Crippen molar-refractivity contribution < 1.29 is 19.0 Å². The van der Waals surface area contributed by atoms with E-state index in [1.165, 1.54) is 6.92 Å². The van der Waals surface area contributed by atoms with E-state index in [2.05, 4.69) is 13.8 Å². The molecule has 2 saturated heterocycles. The number of carbonyl (C=O) groups is 1. The molecule has 3 aliphatic heterocycles. The summed E-state index contributed by atoms with van der Waals surface area (Å²) in [6.45, 7) is 5.62. The zero-order chi connectivity index (χ0) is 12.3. The van der Waals surface area contributed by atoms with Crippen molar-refractivity contribution in [2.45, 2.75) is 63.4 Å². The van der Waals surface area contributed by atoms with Crippen molar-refractivity contribution in [2.24, 2.45) is 0 Å². The maximum absolute atomic E-state index is 11.1. The summed E-state index contributed by atoms with van der Waals surface area (Å²) < 4.78 is 17.3. The molecule has 0 radical (unpaired) electrons. The minimum Gasteiger partial charge on any atom is -0.431 e. The first-order valence-electron chi connectivity index (χ1n) is 6.31. The Kier molecular flexibility index (Phi) is 2.20. The van der Waals surface area contributed by atoms with Gasteiger partial charge < -0.3 is 14.2 Å². The average Bonchev–Trinajstić information content (AvgIpc) is 3.05. The van der Waals surface area contributed by atoms with Gasteiger partial charge in [0, 0.05) is 13.3 Å². The largest absolute Gasteiger partial charge is 0.431 e. The van der Waals surface area contributed by atoms with Gasteiger partial charge >= 0.3 is 5.97 Å². The molecule has 0 N–H and O–H groups in total. The van der Waals surface area contributed by atoms with Crippen LogP contribution in [0.2, 0.25) is 0 Å². The summed E-state index contributed by atoms with van der Waals surface area (Å²) in [5.41, 5.74) is -0.649. The van der Waals surface area contributed by atoms with Crippen LogP contribution in [0.25, 0.3) is 0 Å². The maximum atomic E-state index is 11.1. The van der Waals surface area contributed by atoms with Gasteiger partial charge in [0.05, 0.1) is 0 Å². The van der Waals surface area contributed by atoms with Crippen molar-refractivity contribution in [2.75, 3.05) is 0 Å². The molecule has 0 spiro atoms. The lowest BCUT2D eigenvalue weighted by atomic mass is 9.92. The van der Waals surface area contributed by atoms with E-state index in [0.717, 1.165) is 18.6 Å². The zero-order valence-corrected chi connectivity index (χ0v) is 10.5. The highest BCUT2D eigenvalue weighted by Crippen LogP contribution is 2.60. The average molecular weight is 238 g/mol. The second-order valence-corrected chi connectivity index (χ2v) is 5.19. The lowest BCUT2D eigenvalue weighted by molar-refractivity contribution is -0.163. The smallest absolute Gasteiger partial charge is 0.307 e. The Morgan fingerprint density at radius 1 is 1.47 bits per heavy atom. The number of hydrogen-bond acceptors (Lipinski definition) is 4. The number of hydrogen-bond donors (Lipinski definition) is 0. The molecule has 3 aliphatic rings. The van der Waals surface area contributed by atoms with Gasteiger partial charge in [0.15, 0.2) is 0 Å². The Bertz CT molecular complexity index is 402. The number of carbonyl (C=O) groups excluding carboxylic acids is 1. The van der Waals surface area contributed by atoms with Crippen LogP contribution in [0.3, 0.4) is 0 Å². The van der Waals surface area contributed by atoms with Gasteiger partial charge in [0.25, 0.3) is 0 Å². The lowest BCUT2D eigenvalue weighted by Gasteiger charge is -2.40. The van der Waals surface area contributed by atoms with E-state index in [-0.39, 0.29) is 29.4 Å². The lowest BCUT2D eigenvalue weighted by Crippen LogP contribution is -2.45. The van der Waals surface area contributed by atoms with Gasteiger partial charge in [-0.2, -0.15) is 0 Å². The fraction of sp³-hybridized carbons (Fsp3) is 0.769. The Morgan fingerprint density at radius 2 is 2.24 bits per heavy atom. The molecule has 0 amide bonds. The molecule has 2 bridgehead atoms. The Balaban J connectivity index is 1.96. The molecule has 3 heterocycles. The van der Waals surface area contributed by atoms with Crippen LogP contribution in [0.4, 0.5) is 0 Å². The molecule has 4 heteroatoms. The van der Waals surface area contributed by atoms with Crippen LogP contribution in [0.15, 0.2) is 11.8 Å². The topological polar surface area (TPSA) is 48.1 Å². The van der Waals surface area contributed by atoms with Crippen molar-refractivity contribution in [3.05, 3.63) is 11.8 Å². The van der Waals surface area contributed by atoms with Gasteiger partial charge in [-0.25, -0.2) is 0 Å². The highest BCUT2D eigenvalue weighted by Gasteiger charge is 2.73. The summed E-state index contributed by atoms with van der Waals surface area (Å²) in [7, 11) is 0. The molecular weight excluding hydrogens is 220 g/mol. The number of fused-ring (bicyclic) bond motifs is 5. The SMILES string of the molecule is CC[C@]12CC(OC(C)=O)=C[C@](CC)(O1)[C@@H]1O[C@@H]12. The summed E-state index contributed by atoms with van der Waals surface area (Å²) in [6.07, 6.45) is 4.67. The number of esters is 1. The Morgan fingerprint density at radius 3 is 2.82 bits per heavy atom. The second kappa shape index (κ2) is 3.33. The van der Waals surface area contributed by atoms with Gasteiger partial charge in [-0.15, -0.1) is 0 Å². The summed E-state index contributed by atoms with van der Waals surface area (Å²) in [5.74, 6) is 0.493. The van der Waals surface area contributed by atoms with E-state index in [1.54, 1.807) is 0 Å². The molecule has 0 aromatic carbocycles. The van der Waals surface area contributed by atoms with Crippen molar-refractivity contribution in [3.63, 3.8) is 0 Å². The number of rotatable bonds is 3. The monoisotopic (exact) mass is 238 g/mol. The van der Waals surface area contributed by atoms with Gasteiger partial charge in [-0.3, -0.25) is 4.79 Å². The van der Waals surface area contributed by atoms with Crippen LogP contribution < -0.4 is 0 Å². The third-order valence-electron chi connectivity index (χ3n) is 4.19. The zero-order valence-electron chi connectivity index (χ0n) is 10.5. The first kappa shape index (κ1) is 11.2. The molecule has 94 valence electrons. The van der Waals surface area contributed by atoms with Gasteiger partial charge in [-0.1, -0.05) is 13.8 Å². The number of epoxide rings is 1. The summed E-state index contributed by atoms with van der Waals surface area (Å²) in [6, 6.07) is 0. The quantitative estimate of drug-likeness (QED) is 0.557. The van der Waals surface area contributed by atoms with Gasteiger partial charge in [0.2, 0.25) is 0 Å². The van der Waals surface area contributed by atoms with E-state index in [9.17, 15) is 4.79 Å². The first-order valence-corrected chi connectivity index (χ1v) is 6.31. The highest BCUT2D eigenvalue weighted by molar-refractivity contribution is 5.67. The minimum absolute atomic E-state index is 0.153. The normalized spacial score (nSPS) is 46.2. The number of ether oxygens (including phenoxy) is 3. The van der Waals surface area contributed by atoms with Crippen LogP contribution in [0.1, 0.15) is 40.0 Å². The molecule has 4 nitrogen and oxygen atoms in total. The van der Waals surface area contributed by atoms with Crippen LogP contribution in [0.5, 0.6) is 0 Å². The molecule has 2 fully saturated rings. The fourth-order valence-corrected chi connectivity index (χ4v) is 3.27. The van der Waals surface area contributed by atoms with Crippen LogP contribution in [-0.2, 0) is 19.0 Å². The molecule has 0 aliphatic carbocycles. The van der Waals surface area contributed by atoms with Crippen molar-refractivity contribution >= 4 is 5.97 Å². The third kappa shape index (κ3) is 1.40. The van der Waals surface area contributed by atoms with Crippen LogP contribution in [-0.4, -0.2) is 29.4 Å². The van der Waals surface area contributed by atoms with Crippen molar-refractivity contribution in [1.82, 2.24) is 0 Å². The second-order valence-electron chi connectivity index (χ2n) is 5.19. The third-order valence-corrected chi connectivity index (χ3v) is 4.19. The Labute approximate surface area is 101 Å². The first-order chi connectivity index (χ1) is 8.05. The molecule has 0 saturated carbocycles. The molecular formula is C13H18O4.